The standard InChI is InChI=1S/C14H17N3O2/c18-12-6-7-17(9-12)10-13-15-14(19-16-13)8-11-4-2-1-3-5-11/h1-5,12,18H,6-10H2/t12-/m0/s1. The topological polar surface area (TPSA) is 62.4 Å². The molecule has 2 aromatic rings. The molecule has 0 unspecified atom stereocenters. The van der Waals surface area contributed by atoms with Crippen LogP contribution in [0.4, 0.5) is 0 Å². The van der Waals surface area contributed by atoms with Crippen LogP contribution in [-0.2, 0) is 13.0 Å². The molecule has 5 heteroatoms. The Labute approximate surface area is 111 Å². The first kappa shape index (κ1) is 12.3. The number of β-amino-alcohol motifs (C(OH)–C–C–N with tert-alkyl or cyclic N) is 1. The van der Waals surface area contributed by atoms with Gasteiger partial charge >= 0.3 is 0 Å². The number of rotatable bonds is 4. The van der Waals surface area contributed by atoms with E-state index in [4.69, 9.17) is 4.52 Å². The first-order chi connectivity index (χ1) is 9.29. The lowest BCUT2D eigenvalue weighted by Crippen LogP contribution is -2.22. The molecule has 2 heterocycles. The van der Waals surface area contributed by atoms with Crippen LogP contribution in [0.3, 0.4) is 0 Å². The molecule has 1 aromatic carbocycles. The minimum absolute atomic E-state index is 0.212. The van der Waals surface area contributed by atoms with E-state index in [0.717, 1.165) is 18.5 Å². The third-order valence-corrected chi connectivity index (χ3v) is 3.32. The highest BCUT2D eigenvalue weighted by Gasteiger charge is 2.21. The average molecular weight is 259 g/mol. The van der Waals surface area contributed by atoms with E-state index >= 15 is 0 Å². The summed E-state index contributed by atoms with van der Waals surface area (Å²) in [6.07, 6.45) is 1.28. The van der Waals surface area contributed by atoms with Crippen molar-refractivity contribution in [3.63, 3.8) is 0 Å². The molecule has 19 heavy (non-hydrogen) atoms. The van der Waals surface area contributed by atoms with Gasteiger partial charge in [-0.05, 0) is 12.0 Å². The van der Waals surface area contributed by atoms with Gasteiger partial charge in [-0.3, -0.25) is 4.90 Å². The summed E-state index contributed by atoms with van der Waals surface area (Å²) in [6, 6.07) is 10.1. The Kier molecular flexibility index (Phi) is 3.57. The summed E-state index contributed by atoms with van der Waals surface area (Å²) in [7, 11) is 0. The molecule has 1 saturated heterocycles. The van der Waals surface area contributed by atoms with Crippen molar-refractivity contribution in [3.05, 3.63) is 47.6 Å². The molecule has 1 fully saturated rings. The summed E-state index contributed by atoms with van der Waals surface area (Å²) in [5.74, 6) is 1.33. The molecule has 1 aliphatic heterocycles. The zero-order chi connectivity index (χ0) is 13.1. The first-order valence-electron chi connectivity index (χ1n) is 6.55. The van der Waals surface area contributed by atoms with Crippen LogP contribution in [0.25, 0.3) is 0 Å². The zero-order valence-corrected chi connectivity index (χ0v) is 10.7. The van der Waals surface area contributed by atoms with Crippen LogP contribution in [0.1, 0.15) is 23.7 Å². The summed E-state index contributed by atoms with van der Waals surface area (Å²) in [5, 5.41) is 13.5. The highest BCUT2D eigenvalue weighted by Crippen LogP contribution is 2.13. The number of aromatic nitrogens is 2. The van der Waals surface area contributed by atoms with E-state index in [2.05, 4.69) is 15.0 Å². The second-order valence-electron chi connectivity index (χ2n) is 4.94. The largest absolute Gasteiger partial charge is 0.392 e. The van der Waals surface area contributed by atoms with Crippen LogP contribution in [0.2, 0.25) is 0 Å². The monoisotopic (exact) mass is 259 g/mol. The van der Waals surface area contributed by atoms with Gasteiger partial charge in [0, 0.05) is 13.1 Å². The molecule has 1 N–H and O–H groups in total. The highest BCUT2D eigenvalue weighted by molar-refractivity contribution is 5.17. The van der Waals surface area contributed by atoms with Gasteiger partial charge in [0.25, 0.3) is 0 Å². The lowest BCUT2D eigenvalue weighted by molar-refractivity contribution is 0.173. The van der Waals surface area contributed by atoms with E-state index in [0.29, 0.717) is 31.2 Å². The van der Waals surface area contributed by atoms with E-state index in [1.165, 1.54) is 0 Å². The third kappa shape index (κ3) is 3.19. The van der Waals surface area contributed by atoms with Crippen LogP contribution in [0, 0.1) is 0 Å². The highest BCUT2D eigenvalue weighted by atomic mass is 16.5. The predicted molar refractivity (Wildman–Crippen MR) is 69.4 cm³/mol. The second kappa shape index (κ2) is 5.50. The number of benzene rings is 1. The van der Waals surface area contributed by atoms with Crippen LogP contribution < -0.4 is 0 Å². The van der Waals surface area contributed by atoms with Gasteiger partial charge in [0.1, 0.15) is 0 Å². The van der Waals surface area contributed by atoms with Gasteiger partial charge in [-0.1, -0.05) is 35.5 Å². The fourth-order valence-corrected chi connectivity index (χ4v) is 2.35. The molecule has 3 rings (SSSR count). The van der Waals surface area contributed by atoms with E-state index in [1.54, 1.807) is 0 Å². The Hall–Kier alpha value is -1.72. The number of likely N-dealkylation sites (tertiary alicyclic amines) is 1. The molecule has 0 amide bonds. The number of aliphatic hydroxyl groups excluding tert-OH is 1. The smallest absolute Gasteiger partial charge is 0.231 e. The lowest BCUT2D eigenvalue weighted by atomic mass is 10.1. The number of nitrogens with zero attached hydrogens (tertiary/aromatic N) is 3. The van der Waals surface area contributed by atoms with Gasteiger partial charge < -0.3 is 9.63 Å². The minimum Gasteiger partial charge on any atom is -0.392 e. The van der Waals surface area contributed by atoms with Crippen molar-refractivity contribution >= 4 is 0 Å². The maximum Gasteiger partial charge on any atom is 0.231 e. The molecule has 1 aliphatic rings. The van der Waals surface area contributed by atoms with Crippen molar-refractivity contribution in [1.82, 2.24) is 15.0 Å². The second-order valence-corrected chi connectivity index (χ2v) is 4.94. The number of hydrogen-bond acceptors (Lipinski definition) is 5. The Morgan fingerprint density at radius 1 is 1.32 bits per heavy atom. The summed E-state index contributed by atoms with van der Waals surface area (Å²) in [4.78, 5) is 6.53. The molecular weight excluding hydrogens is 242 g/mol. The van der Waals surface area contributed by atoms with Gasteiger partial charge in [0.15, 0.2) is 5.82 Å². The van der Waals surface area contributed by atoms with Gasteiger partial charge in [-0.25, -0.2) is 0 Å². The van der Waals surface area contributed by atoms with E-state index in [1.807, 2.05) is 30.3 Å². The Bertz CT molecular complexity index is 526. The molecule has 0 spiro atoms. The van der Waals surface area contributed by atoms with Crippen LogP contribution in [0.15, 0.2) is 34.9 Å². The summed E-state index contributed by atoms with van der Waals surface area (Å²) < 4.78 is 5.26. The summed E-state index contributed by atoms with van der Waals surface area (Å²) >= 11 is 0. The fourth-order valence-electron chi connectivity index (χ4n) is 2.35. The quantitative estimate of drug-likeness (QED) is 0.894. The van der Waals surface area contributed by atoms with Crippen LogP contribution in [0.5, 0.6) is 0 Å². The normalized spacial score (nSPS) is 19.9. The average Bonchev–Trinajstić information content (AvgIpc) is 3.01. The molecule has 0 bridgehead atoms. The summed E-state index contributed by atoms with van der Waals surface area (Å²) in [5.41, 5.74) is 1.16. The van der Waals surface area contributed by atoms with E-state index in [-0.39, 0.29) is 6.10 Å². The molecular formula is C14H17N3O2. The molecule has 0 aliphatic carbocycles. The Morgan fingerprint density at radius 2 is 2.16 bits per heavy atom. The summed E-state index contributed by atoms with van der Waals surface area (Å²) in [6.45, 7) is 2.24. The SMILES string of the molecule is O[C@H]1CCN(Cc2noc(Cc3ccccc3)n2)C1. The van der Waals surface area contributed by atoms with Crippen molar-refractivity contribution in [2.45, 2.75) is 25.5 Å². The predicted octanol–water partition coefficient (Wildman–Crippen LogP) is 1.23. The maximum absolute atomic E-state index is 9.47. The van der Waals surface area contributed by atoms with Crippen molar-refractivity contribution in [2.75, 3.05) is 13.1 Å². The Morgan fingerprint density at radius 3 is 2.89 bits per heavy atom. The van der Waals surface area contributed by atoms with Crippen molar-refractivity contribution in [2.24, 2.45) is 0 Å². The molecule has 1 atom stereocenters. The zero-order valence-electron chi connectivity index (χ0n) is 10.7. The Balaban J connectivity index is 1.60. The number of hydrogen-bond donors (Lipinski definition) is 1. The van der Waals surface area contributed by atoms with Crippen molar-refractivity contribution in [1.29, 1.82) is 0 Å². The van der Waals surface area contributed by atoms with Crippen molar-refractivity contribution in [3.8, 4) is 0 Å². The first-order valence-corrected chi connectivity index (χ1v) is 6.55. The fraction of sp³-hybridized carbons (Fsp3) is 0.429. The molecule has 100 valence electrons. The van der Waals surface area contributed by atoms with Crippen LogP contribution >= 0.6 is 0 Å². The van der Waals surface area contributed by atoms with Crippen LogP contribution in [-0.4, -0.2) is 39.3 Å². The van der Waals surface area contributed by atoms with E-state index in [9.17, 15) is 5.11 Å². The van der Waals surface area contributed by atoms with Gasteiger partial charge in [-0.2, -0.15) is 4.98 Å². The van der Waals surface area contributed by atoms with Gasteiger partial charge in [-0.15, -0.1) is 0 Å². The van der Waals surface area contributed by atoms with Gasteiger partial charge in [0.2, 0.25) is 5.89 Å². The molecule has 1 aromatic heterocycles. The molecule has 0 radical (unpaired) electrons. The molecule has 5 nitrogen and oxygen atoms in total. The number of aliphatic hydroxyl groups is 1. The van der Waals surface area contributed by atoms with Gasteiger partial charge in [0.05, 0.1) is 19.1 Å². The molecule has 0 saturated carbocycles. The maximum atomic E-state index is 9.47. The lowest BCUT2D eigenvalue weighted by Gasteiger charge is -2.10. The van der Waals surface area contributed by atoms with E-state index < -0.39 is 0 Å². The van der Waals surface area contributed by atoms with Crippen molar-refractivity contribution < 1.29 is 9.63 Å². The third-order valence-electron chi connectivity index (χ3n) is 3.32. The minimum atomic E-state index is -0.212.